The molecule has 1 unspecified atom stereocenters. The van der Waals surface area contributed by atoms with Crippen LogP contribution < -0.4 is 9.47 Å². The van der Waals surface area contributed by atoms with Crippen LogP contribution in [0.1, 0.15) is 51.7 Å². The Morgan fingerprint density at radius 3 is 1.92 bits per heavy atom. The van der Waals surface area contributed by atoms with Crippen LogP contribution >= 0.6 is 0 Å². The molecular formula is C32H47FO5Si. The third-order valence-electron chi connectivity index (χ3n) is 7.16. The van der Waals surface area contributed by atoms with Crippen LogP contribution in [0.25, 0.3) is 0 Å². The molecule has 0 radical (unpaired) electrons. The van der Waals surface area contributed by atoms with Crippen molar-refractivity contribution in [2.45, 2.75) is 78.0 Å². The second kappa shape index (κ2) is 16.0. The van der Waals surface area contributed by atoms with Crippen molar-refractivity contribution in [3.63, 3.8) is 0 Å². The average molecular weight is 559 g/mol. The van der Waals surface area contributed by atoms with Gasteiger partial charge in [0.2, 0.25) is 0 Å². The van der Waals surface area contributed by atoms with Gasteiger partial charge >= 0.3 is 0 Å². The first kappa shape index (κ1) is 32.8. The van der Waals surface area contributed by atoms with Crippen molar-refractivity contribution in [1.82, 2.24) is 0 Å². The molecule has 0 aliphatic rings. The Bertz CT molecular complexity index is 1040. The molecule has 7 heteroatoms. The number of ether oxygens (including phenoxy) is 4. The predicted molar refractivity (Wildman–Crippen MR) is 160 cm³/mol. The van der Waals surface area contributed by atoms with Crippen LogP contribution in [0.3, 0.4) is 0 Å². The molecule has 0 amide bonds. The van der Waals surface area contributed by atoms with E-state index in [2.05, 4.69) is 33.9 Å². The summed E-state index contributed by atoms with van der Waals surface area (Å²) in [6, 6.07) is 15.3. The molecule has 2 aromatic rings. The summed E-state index contributed by atoms with van der Waals surface area (Å²) in [4.78, 5) is 0. The lowest BCUT2D eigenvalue weighted by atomic mass is 10.1. The lowest BCUT2D eigenvalue weighted by Crippen LogP contribution is -2.40. The van der Waals surface area contributed by atoms with Gasteiger partial charge in [-0.05, 0) is 78.9 Å². The lowest BCUT2D eigenvalue weighted by Gasteiger charge is -2.36. The summed E-state index contributed by atoms with van der Waals surface area (Å²) >= 11 is 0. The lowest BCUT2D eigenvalue weighted by molar-refractivity contribution is 0.0777. The van der Waals surface area contributed by atoms with Gasteiger partial charge in [0.15, 0.2) is 8.32 Å². The summed E-state index contributed by atoms with van der Waals surface area (Å²) in [7, 11) is 1.45. The van der Waals surface area contributed by atoms with Crippen molar-refractivity contribution in [2.24, 2.45) is 0 Å². The molecule has 0 saturated heterocycles. The molecule has 2 rings (SSSR count). The molecule has 0 aromatic heterocycles. The third kappa shape index (κ3) is 11.3. The first-order valence-electron chi connectivity index (χ1n) is 13.6. The van der Waals surface area contributed by atoms with Crippen LogP contribution in [-0.2, 0) is 27.1 Å². The number of halogens is 1. The van der Waals surface area contributed by atoms with Crippen LogP contribution in [0.4, 0.5) is 4.39 Å². The Balaban J connectivity index is 1.99. The highest BCUT2D eigenvalue weighted by molar-refractivity contribution is 6.74. The van der Waals surface area contributed by atoms with Gasteiger partial charge in [-0.15, -0.1) is 0 Å². The van der Waals surface area contributed by atoms with Gasteiger partial charge in [-0.25, -0.2) is 4.39 Å². The van der Waals surface area contributed by atoms with E-state index >= 15 is 4.39 Å². The Morgan fingerprint density at radius 1 is 0.872 bits per heavy atom. The number of benzene rings is 2. The fourth-order valence-corrected chi connectivity index (χ4v) is 4.50. The summed E-state index contributed by atoms with van der Waals surface area (Å²) in [5.41, 5.74) is 2.61. The number of methoxy groups -OCH3 is 2. The molecule has 0 aliphatic carbocycles. The zero-order valence-corrected chi connectivity index (χ0v) is 26.0. The van der Waals surface area contributed by atoms with Crippen molar-refractivity contribution < 1.29 is 27.8 Å². The highest BCUT2D eigenvalue weighted by Gasteiger charge is 2.36. The molecule has 0 aliphatic heterocycles. The summed E-state index contributed by atoms with van der Waals surface area (Å²) in [6.07, 6.45) is 4.16. The first-order chi connectivity index (χ1) is 18.5. The van der Waals surface area contributed by atoms with Crippen molar-refractivity contribution in [3.8, 4) is 11.5 Å². The van der Waals surface area contributed by atoms with Crippen molar-refractivity contribution in [3.05, 3.63) is 83.2 Å². The molecule has 0 saturated carbocycles. The predicted octanol–water partition coefficient (Wildman–Crippen LogP) is 8.41. The van der Waals surface area contributed by atoms with Gasteiger partial charge in [0, 0.05) is 6.61 Å². The SMILES string of the molecule is COc1ccc(COCC/C(C)=C(/F)C(/C=C\CCO[Si](C)(C)C(C)(C)C)OCc2ccc(OC)cc2)cc1. The Kier molecular flexibility index (Phi) is 13.4. The zero-order valence-electron chi connectivity index (χ0n) is 25.0. The number of rotatable bonds is 16. The van der Waals surface area contributed by atoms with Crippen molar-refractivity contribution >= 4 is 8.32 Å². The number of hydrogen-bond acceptors (Lipinski definition) is 5. The number of hydrogen-bond donors (Lipinski definition) is 0. The fourth-order valence-electron chi connectivity index (χ4n) is 3.44. The molecule has 0 heterocycles. The molecule has 0 spiro atoms. The van der Waals surface area contributed by atoms with Crippen LogP contribution in [0.5, 0.6) is 11.5 Å². The van der Waals surface area contributed by atoms with Crippen LogP contribution in [-0.4, -0.2) is 41.9 Å². The van der Waals surface area contributed by atoms with E-state index < -0.39 is 14.4 Å². The Hall–Kier alpha value is -2.45. The summed E-state index contributed by atoms with van der Waals surface area (Å²) in [6.45, 7) is 14.7. The van der Waals surface area contributed by atoms with Crippen LogP contribution in [0, 0.1) is 0 Å². The van der Waals surface area contributed by atoms with Gasteiger partial charge in [0.05, 0.1) is 34.0 Å². The van der Waals surface area contributed by atoms with Crippen molar-refractivity contribution in [1.29, 1.82) is 0 Å². The maximum absolute atomic E-state index is 15.6. The van der Waals surface area contributed by atoms with Crippen LogP contribution in [0.15, 0.2) is 72.1 Å². The molecule has 0 bridgehead atoms. The molecule has 0 N–H and O–H groups in total. The summed E-state index contributed by atoms with van der Waals surface area (Å²) < 4.78 is 44.1. The quantitative estimate of drug-likeness (QED) is 0.118. The van der Waals surface area contributed by atoms with Gasteiger partial charge in [0.1, 0.15) is 23.4 Å². The monoisotopic (exact) mass is 558 g/mol. The van der Waals surface area contributed by atoms with Crippen LogP contribution in [0.2, 0.25) is 18.1 Å². The first-order valence-corrected chi connectivity index (χ1v) is 16.5. The molecule has 1 atom stereocenters. The van der Waals surface area contributed by atoms with E-state index in [1.807, 2.05) is 54.6 Å². The van der Waals surface area contributed by atoms with E-state index in [9.17, 15) is 0 Å². The molecule has 5 nitrogen and oxygen atoms in total. The summed E-state index contributed by atoms with van der Waals surface area (Å²) in [5.74, 6) is 1.30. The largest absolute Gasteiger partial charge is 0.497 e. The van der Waals surface area contributed by atoms with Gasteiger partial charge in [0.25, 0.3) is 0 Å². The van der Waals surface area contributed by atoms with E-state index in [4.69, 9.17) is 23.4 Å². The average Bonchev–Trinajstić information content (AvgIpc) is 2.92. The van der Waals surface area contributed by atoms with Gasteiger partial charge in [-0.2, -0.15) is 0 Å². The molecule has 2 aromatic carbocycles. The van der Waals surface area contributed by atoms with E-state index in [0.717, 1.165) is 22.6 Å². The zero-order chi connectivity index (χ0) is 28.9. The highest BCUT2D eigenvalue weighted by atomic mass is 28.4. The fraction of sp³-hybridized carbons (Fsp3) is 0.500. The van der Waals surface area contributed by atoms with E-state index in [1.165, 1.54) is 0 Å². The maximum atomic E-state index is 15.6. The standard InChI is InChI=1S/C32H47FO5Si/c1-25(20-22-36-23-26-12-16-28(34-5)17-13-26)31(33)30(37-24-27-14-18-29(35-6)19-15-27)11-9-10-21-38-39(7,8)32(2,3)4/h9,11-19,30H,10,20-24H2,1-8H3/b11-9-,31-25+. The summed E-state index contributed by atoms with van der Waals surface area (Å²) in [5, 5.41) is 0.155. The van der Waals surface area contributed by atoms with Gasteiger partial charge < -0.3 is 23.4 Å². The Morgan fingerprint density at radius 2 is 1.41 bits per heavy atom. The van der Waals surface area contributed by atoms with Crippen molar-refractivity contribution in [2.75, 3.05) is 27.4 Å². The van der Waals surface area contributed by atoms with E-state index in [-0.39, 0.29) is 17.5 Å². The normalized spacial score (nSPS) is 13.9. The second-order valence-corrected chi connectivity index (χ2v) is 16.0. The second-order valence-electron chi connectivity index (χ2n) is 11.2. The molecule has 216 valence electrons. The smallest absolute Gasteiger partial charge is 0.191 e. The molecule has 39 heavy (non-hydrogen) atoms. The van der Waals surface area contributed by atoms with E-state index in [0.29, 0.717) is 38.2 Å². The molecule has 0 fully saturated rings. The maximum Gasteiger partial charge on any atom is 0.191 e. The minimum atomic E-state index is -1.82. The third-order valence-corrected chi connectivity index (χ3v) is 11.7. The van der Waals surface area contributed by atoms with Gasteiger partial charge in [-0.1, -0.05) is 57.2 Å². The van der Waals surface area contributed by atoms with E-state index in [1.54, 1.807) is 27.2 Å². The Labute approximate surface area is 236 Å². The topological polar surface area (TPSA) is 46.2 Å². The minimum absolute atomic E-state index is 0.155. The minimum Gasteiger partial charge on any atom is -0.497 e. The highest BCUT2D eigenvalue weighted by Crippen LogP contribution is 2.36. The molecular weight excluding hydrogens is 511 g/mol. The van der Waals surface area contributed by atoms with Gasteiger partial charge in [-0.3, -0.25) is 0 Å².